The molecule has 4 N–H and O–H groups in total. The molecule has 0 amide bonds. The largest absolute Gasteiger partial charge is 0.396 e. The van der Waals surface area contributed by atoms with Gasteiger partial charge in [-0.25, -0.2) is 0 Å². The van der Waals surface area contributed by atoms with Gasteiger partial charge in [-0.3, -0.25) is 4.99 Å². The summed E-state index contributed by atoms with van der Waals surface area (Å²) >= 11 is 0. The Morgan fingerprint density at radius 1 is 1.35 bits per heavy atom. The van der Waals surface area contributed by atoms with Gasteiger partial charge in [-0.2, -0.15) is 0 Å². The number of rotatable bonds is 5. The van der Waals surface area contributed by atoms with E-state index in [0.29, 0.717) is 30.3 Å². The Hall–Kier alpha value is -0.770. The van der Waals surface area contributed by atoms with Gasteiger partial charge >= 0.3 is 0 Å². The fourth-order valence-corrected chi connectivity index (χ4v) is 2.37. The van der Waals surface area contributed by atoms with E-state index in [4.69, 9.17) is 5.73 Å². The van der Waals surface area contributed by atoms with Crippen LogP contribution in [0.3, 0.4) is 0 Å². The zero-order valence-electron chi connectivity index (χ0n) is 11.2. The van der Waals surface area contributed by atoms with Crippen LogP contribution in [0.25, 0.3) is 0 Å². The van der Waals surface area contributed by atoms with Gasteiger partial charge in [0.05, 0.1) is 0 Å². The molecule has 4 heteroatoms. The van der Waals surface area contributed by atoms with Gasteiger partial charge in [0.15, 0.2) is 5.96 Å². The van der Waals surface area contributed by atoms with E-state index in [1.54, 1.807) is 0 Å². The van der Waals surface area contributed by atoms with Gasteiger partial charge in [-0.1, -0.05) is 26.7 Å². The fourth-order valence-electron chi connectivity index (χ4n) is 2.37. The molecule has 0 bridgehead atoms. The molecule has 1 saturated carbocycles. The quantitative estimate of drug-likeness (QED) is 0.502. The molecule has 100 valence electrons. The second kappa shape index (κ2) is 7.54. The maximum atomic E-state index is 9.31. The molecule has 1 aliphatic carbocycles. The Labute approximate surface area is 105 Å². The molecule has 0 heterocycles. The van der Waals surface area contributed by atoms with Crippen LogP contribution in [0, 0.1) is 17.8 Å². The van der Waals surface area contributed by atoms with Crippen molar-refractivity contribution in [2.45, 2.75) is 39.5 Å². The van der Waals surface area contributed by atoms with Crippen LogP contribution in [0.5, 0.6) is 0 Å². The molecular weight excluding hydrogens is 214 g/mol. The van der Waals surface area contributed by atoms with E-state index in [2.05, 4.69) is 24.2 Å². The number of guanidine groups is 1. The third-order valence-corrected chi connectivity index (χ3v) is 3.47. The Bertz CT molecular complexity index is 241. The van der Waals surface area contributed by atoms with Crippen molar-refractivity contribution in [3.8, 4) is 0 Å². The Morgan fingerprint density at radius 3 is 2.59 bits per heavy atom. The van der Waals surface area contributed by atoms with Crippen LogP contribution in [0.15, 0.2) is 4.99 Å². The monoisotopic (exact) mass is 241 g/mol. The summed E-state index contributed by atoms with van der Waals surface area (Å²) in [7, 11) is 0. The zero-order chi connectivity index (χ0) is 12.7. The van der Waals surface area contributed by atoms with Crippen molar-refractivity contribution in [1.29, 1.82) is 0 Å². The second-order valence-electron chi connectivity index (χ2n) is 5.49. The van der Waals surface area contributed by atoms with Gasteiger partial charge in [0.2, 0.25) is 0 Å². The number of nitrogens with zero attached hydrogens (tertiary/aromatic N) is 1. The fraction of sp³-hybridized carbons (Fsp3) is 0.923. The number of aliphatic hydroxyl groups is 1. The van der Waals surface area contributed by atoms with Crippen LogP contribution in [-0.2, 0) is 0 Å². The number of nitrogens with one attached hydrogen (secondary N) is 1. The van der Waals surface area contributed by atoms with Crippen molar-refractivity contribution in [3.63, 3.8) is 0 Å². The molecule has 0 aromatic carbocycles. The minimum Gasteiger partial charge on any atom is -0.396 e. The summed E-state index contributed by atoms with van der Waals surface area (Å²) in [6.45, 7) is 6.17. The maximum absolute atomic E-state index is 9.31. The number of nitrogens with two attached hydrogens (primary N) is 1. The smallest absolute Gasteiger partial charge is 0.188 e. The van der Waals surface area contributed by atoms with Gasteiger partial charge in [0, 0.05) is 19.7 Å². The summed E-state index contributed by atoms with van der Waals surface area (Å²) in [5.41, 5.74) is 5.80. The third kappa shape index (κ3) is 5.39. The zero-order valence-corrected chi connectivity index (χ0v) is 11.2. The molecule has 0 saturated heterocycles. The lowest BCUT2D eigenvalue weighted by Gasteiger charge is -2.30. The van der Waals surface area contributed by atoms with Crippen molar-refractivity contribution in [2.75, 3.05) is 19.7 Å². The summed E-state index contributed by atoms with van der Waals surface area (Å²) in [6, 6.07) is 0. The molecule has 2 unspecified atom stereocenters. The minimum atomic E-state index is 0.301. The summed E-state index contributed by atoms with van der Waals surface area (Å²) in [6.07, 6.45) is 4.85. The molecule has 0 aliphatic heterocycles. The van der Waals surface area contributed by atoms with Crippen LogP contribution in [0.4, 0.5) is 0 Å². The average Bonchev–Trinajstić information content (AvgIpc) is 2.34. The minimum absolute atomic E-state index is 0.301. The van der Waals surface area contributed by atoms with Crippen molar-refractivity contribution in [3.05, 3.63) is 0 Å². The van der Waals surface area contributed by atoms with Crippen LogP contribution >= 0.6 is 0 Å². The highest BCUT2D eigenvalue weighted by atomic mass is 16.3. The molecule has 1 rings (SSSR count). The Balaban J connectivity index is 2.30. The molecular formula is C13H27N3O. The van der Waals surface area contributed by atoms with E-state index in [1.165, 1.54) is 19.3 Å². The molecule has 0 aromatic rings. The van der Waals surface area contributed by atoms with E-state index in [9.17, 15) is 5.11 Å². The summed E-state index contributed by atoms with van der Waals surface area (Å²) in [4.78, 5) is 4.28. The summed E-state index contributed by atoms with van der Waals surface area (Å²) < 4.78 is 0. The van der Waals surface area contributed by atoms with Crippen LogP contribution < -0.4 is 11.1 Å². The number of hydrogen-bond donors (Lipinski definition) is 3. The van der Waals surface area contributed by atoms with Crippen molar-refractivity contribution >= 4 is 5.96 Å². The first-order valence-corrected chi connectivity index (χ1v) is 6.78. The maximum Gasteiger partial charge on any atom is 0.188 e. The second-order valence-corrected chi connectivity index (χ2v) is 5.49. The lowest BCUT2D eigenvalue weighted by atomic mass is 9.80. The molecule has 0 aromatic heterocycles. The highest BCUT2D eigenvalue weighted by Gasteiger charge is 2.24. The first-order chi connectivity index (χ1) is 8.13. The van der Waals surface area contributed by atoms with Crippen molar-refractivity contribution in [2.24, 2.45) is 28.5 Å². The highest BCUT2D eigenvalue weighted by molar-refractivity contribution is 5.77. The third-order valence-electron chi connectivity index (χ3n) is 3.47. The van der Waals surface area contributed by atoms with E-state index >= 15 is 0 Å². The number of hydrogen-bond acceptors (Lipinski definition) is 2. The summed E-state index contributed by atoms with van der Waals surface area (Å²) in [5, 5.41) is 12.5. The van der Waals surface area contributed by atoms with Crippen molar-refractivity contribution in [1.82, 2.24) is 5.32 Å². The molecule has 2 atom stereocenters. The Morgan fingerprint density at radius 2 is 2.00 bits per heavy atom. The topological polar surface area (TPSA) is 70.6 Å². The average molecular weight is 241 g/mol. The SMILES string of the molecule is CC(C)CN=C(N)NCC1CCCCC1CO. The van der Waals surface area contributed by atoms with Crippen molar-refractivity contribution < 1.29 is 5.11 Å². The predicted molar refractivity (Wildman–Crippen MR) is 71.9 cm³/mol. The first-order valence-electron chi connectivity index (χ1n) is 6.78. The van der Waals surface area contributed by atoms with E-state index < -0.39 is 0 Å². The molecule has 0 spiro atoms. The van der Waals surface area contributed by atoms with Crippen LogP contribution in [-0.4, -0.2) is 30.8 Å². The standard InChI is InChI=1S/C13H27N3O/c1-10(2)7-15-13(14)16-8-11-5-3-4-6-12(11)9-17/h10-12,17H,3-9H2,1-2H3,(H3,14,15,16). The predicted octanol–water partition coefficient (Wildman–Crippen LogP) is 1.35. The number of aliphatic hydroxyl groups excluding tert-OH is 1. The van der Waals surface area contributed by atoms with Crippen LogP contribution in [0.2, 0.25) is 0 Å². The summed E-state index contributed by atoms with van der Waals surface area (Å²) in [5.74, 6) is 2.06. The van der Waals surface area contributed by atoms with E-state index in [-0.39, 0.29) is 0 Å². The van der Waals surface area contributed by atoms with Gasteiger partial charge in [-0.15, -0.1) is 0 Å². The van der Waals surface area contributed by atoms with Gasteiger partial charge in [0.25, 0.3) is 0 Å². The highest BCUT2D eigenvalue weighted by Crippen LogP contribution is 2.28. The van der Waals surface area contributed by atoms with Gasteiger partial charge in [0.1, 0.15) is 0 Å². The van der Waals surface area contributed by atoms with Gasteiger partial charge in [-0.05, 0) is 30.6 Å². The lowest BCUT2D eigenvalue weighted by Crippen LogP contribution is -2.39. The molecule has 1 aliphatic rings. The Kier molecular flexibility index (Phi) is 6.34. The van der Waals surface area contributed by atoms with Gasteiger partial charge < -0.3 is 16.2 Å². The van der Waals surface area contributed by atoms with E-state index in [1.807, 2.05) is 0 Å². The molecule has 0 radical (unpaired) electrons. The van der Waals surface area contributed by atoms with Crippen LogP contribution in [0.1, 0.15) is 39.5 Å². The molecule has 17 heavy (non-hydrogen) atoms. The molecule has 4 nitrogen and oxygen atoms in total. The number of aliphatic imine (C=N–C) groups is 1. The molecule has 1 fully saturated rings. The lowest BCUT2D eigenvalue weighted by molar-refractivity contribution is 0.136. The normalized spacial score (nSPS) is 26.2. The van der Waals surface area contributed by atoms with E-state index in [0.717, 1.165) is 19.5 Å². The first kappa shape index (κ1) is 14.3.